The van der Waals surface area contributed by atoms with Crippen molar-refractivity contribution in [3.8, 4) is 5.88 Å². The van der Waals surface area contributed by atoms with E-state index >= 15 is 0 Å². The summed E-state index contributed by atoms with van der Waals surface area (Å²) in [4.78, 5) is 15.8. The smallest absolute Gasteiger partial charge is 0.433 e. The SMILES string of the molecule is CCCCOc1nc(C(F)(F)F)ccc1CCC(C(N)=O)c1ccc(N(C)[SH](=O)=O)c(C)c1. The molecule has 0 spiro atoms. The second-order valence-corrected chi connectivity index (χ2v) is 8.74. The molecule has 0 aliphatic rings. The summed E-state index contributed by atoms with van der Waals surface area (Å²) in [5.41, 5.74) is 6.70. The maximum atomic E-state index is 13.1. The third-order valence-corrected chi connectivity index (χ3v) is 5.93. The maximum Gasteiger partial charge on any atom is 0.433 e. The fourth-order valence-electron chi connectivity index (χ4n) is 3.38. The van der Waals surface area contributed by atoms with E-state index in [1.807, 2.05) is 6.92 Å². The van der Waals surface area contributed by atoms with Crippen molar-refractivity contribution < 1.29 is 31.1 Å². The van der Waals surface area contributed by atoms with E-state index in [-0.39, 0.29) is 25.3 Å². The molecule has 33 heavy (non-hydrogen) atoms. The molecule has 1 atom stereocenters. The fraction of sp³-hybridized carbons (Fsp3) is 0.455. The molecule has 0 aliphatic carbocycles. The molecule has 1 amide bonds. The van der Waals surface area contributed by atoms with Gasteiger partial charge in [0, 0.05) is 12.6 Å². The van der Waals surface area contributed by atoms with Crippen molar-refractivity contribution in [3.05, 3.63) is 52.7 Å². The van der Waals surface area contributed by atoms with E-state index in [2.05, 4.69) is 4.98 Å². The standard InChI is InChI=1S/C22H28F3N3O4S/c1-4-5-12-32-21-15(8-11-19(27-21)22(23,24)25)6-9-17(20(26)29)16-7-10-18(14(2)13-16)28(3)33(30)31/h7-8,10-11,13,17,33H,4-6,9,12H2,1-3H3,(H2,26,29). The van der Waals surface area contributed by atoms with E-state index in [1.165, 1.54) is 13.1 Å². The fourth-order valence-corrected chi connectivity index (χ4v) is 3.78. The van der Waals surface area contributed by atoms with Crippen LogP contribution in [0.2, 0.25) is 0 Å². The van der Waals surface area contributed by atoms with E-state index in [0.717, 1.165) is 16.8 Å². The summed E-state index contributed by atoms with van der Waals surface area (Å²) in [6.45, 7) is 3.88. The van der Waals surface area contributed by atoms with Gasteiger partial charge in [-0.1, -0.05) is 31.5 Å². The maximum absolute atomic E-state index is 13.1. The van der Waals surface area contributed by atoms with Crippen LogP contribution in [0.15, 0.2) is 30.3 Å². The van der Waals surface area contributed by atoms with Gasteiger partial charge >= 0.3 is 6.18 Å². The molecule has 0 aliphatic heterocycles. The number of pyridine rings is 1. The number of halogens is 3. The lowest BCUT2D eigenvalue weighted by molar-refractivity contribution is -0.141. The molecule has 0 saturated heterocycles. The molecule has 1 heterocycles. The molecular weight excluding hydrogens is 459 g/mol. The van der Waals surface area contributed by atoms with Crippen LogP contribution >= 0.6 is 0 Å². The largest absolute Gasteiger partial charge is 0.477 e. The van der Waals surface area contributed by atoms with Crippen LogP contribution in [0, 0.1) is 6.92 Å². The van der Waals surface area contributed by atoms with Crippen LogP contribution < -0.4 is 14.8 Å². The van der Waals surface area contributed by atoms with Gasteiger partial charge in [-0.3, -0.25) is 9.10 Å². The average molecular weight is 488 g/mol. The van der Waals surface area contributed by atoms with E-state index in [1.54, 1.807) is 25.1 Å². The van der Waals surface area contributed by atoms with Gasteiger partial charge in [-0.05, 0) is 49.4 Å². The van der Waals surface area contributed by atoms with Gasteiger partial charge in [-0.15, -0.1) is 0 Å². The Kier molecular flexibility index (Phi) is 9.09. The predicted molar refractivity (Wildman–Crippen MR) is 120 cm³/mol. The molecule has 2 N–H and O–H groups in total. The van der Waals surface area contributed by atoms with Crippen molar-refractivity contribution in [2.75, 3.05) is 18.0 Å². The number of carbonyl (C=O) groups is 1. The number of hydrogen-bond donors (Lipinski definition) is 2. The minimum absolute atomic E-state index is 0.103. The van der Waals surface area contributed by atoms with Crippen molar-refractivity contribution in [3.63, 3.8) is 0 Å². The number of hydrogen-bond acceptors (Lipinski definition) is 5. The number of thiol groups is 1. The zero-order valence-electron chi connectivity index (χ0n) is 18.7. The number of primary amides is 1. The zero-order valence-corrected chi connectivity index (χ0v) is 19.6. The first-order chi connectivity index (χ1) is 15.5. The molecule has 0 saturated carbocycles. The molecule has 2 aromatic rings. The van der Waals surface area contributed by atoms with Crippen LogP contribution in [0.5, 0.6) is 5.88 Å². The Morgan fingerprint density at radius 2 is 1.94 bits per heavy atom. The molecule has 1 aromatic heterocycles. The number of benzene rings is 1. The summed E-state index contributed by atoms with van der Waals surface area (Å²) < 4.78 is 68.4. The van der Waals surface area contributed by atoms with E-state index in [9.17, 15) is 26.4 Å². The highest BCUT2D eigenvalue weighted by molar-refractivity contribution is 7.74. The van der Waals surface area contributed by atoms with Crippen LogP contribution in [-0.2, 0) is 28.3 Å². The quantitative estimate of drug-likeness (QED) is 0.371. The van der Waals surface area contributed by atoms with Gasteiger partial charge in [0.2, 0.25) is 22.7 Å². The summed E-state index contributed by atoms with van der Waals surface area (Å²) in [7, 11) is -1.40. The van der Waals surface area contributed by atoms with Crippen LogP contribution in [-0.4, -0.2) is 33.0 Å². The first-order valence-corrected chi connectivity index (χ1v) is 11.6. The highest BCUT2D eigenvalue weighted by atomic mass is 32.2. The van der Waals surface area contributed by atoms with E-state index < -0.39 is 34.6 Å². The lowest BCUT2D eigenvalue weighted by Crippen LogP contribution is -2.23. The highest BCUT2D eigenvalue weighted by Crippen LogP contribution is 2.32. The minimum Gasteiger partial charge on any atom is -0.477 e. The molecular formula is C22H28F3N3O4S. The summed E-state index contributed by atoms with van der Waals surface area (Å²) in [6.07, 6.45) is -2.69. The molecule has 0 bridgehead atoms. The van der Waals surface area contributed by atoms with E-state index in [4.69, 9.17) is 10.5 Å². The summed E-state index contributed by atoms with van der Waals surface area (Å²) >= 11 is 0. The van der Waals surface area contributed by atoms with Gasteiger partial charge in [0.05, 0.1) is 18.2 Å². The molecule has 1 unspecified atom stereocenters. The molecule has 2 rings (SSSR count). The third kappa shape index (κ3) is 7.08. The van der Waals surface area contributed by atoms with Gasteiger partial charge in [-0.25, -0.2) is 13.4 Å². The van der Waals surface area contributed by atoms with Gasteiger partial charge in [0.15, 0.2) is 0 Å². The van der Waals surface area contributed by atoms with Crippen LogP contribution in [0.25, 0.3) is 0 Å². The van der Waals surface area contributed by atoms with Crippen molar-refractivity contribution in [1.29, 1.82) is 0 Å². The molecule has 11 heteroatoms. The Labute approximate surface area is 192 Å². The van der Waals surface area contributed by atoms with Gasteiger partial charge in [-0.2, -0.15) is 13.2 Å². The van der Waals surface area contributed by atoms with Crippen molar-refractivity contribution >= 4 is 22.5 Å². The molecule has 182 valence electrons. The van der Waals surface area contributed by atoms with Gasteiger partial charge in [0.1, 0.15) is 5.69 Å². The number of ether oxygens (including phenoxy) is 1. The number of alkyl halides is 3. The Morgan fingerprint density at radius 1 is 1.24 bits per heavy atom. The molecule has 0 radical (unpaired) electrons. The van der Waals surface area contributed by atoms with Crippen LogP contribution in [0.4, 0.5) is 18.9 Å². The third-order valence-electron chi connectivity index (χ3n) is 5.23. The van der Waals surface area contributed by atoms with Gasteiger partial charge in [0.25, 0.3) is 0 Å². The average Bonchev–Trinajstić information content (AvgIpc) is 2.73. The number of rotatable bonds is 11. The number of nitrogens with two attached hydrogens (primary N) is 1. The highest BCUT2D eigenvalue weighted by Gasteiger charge is 2.33. The number of anilines is 1. The Bertz CT molecular complexity index is 1050. The topological polar surface area (TPSA) is 103 Å². The number of amides is 1. The van der Waals surface area contributed by atoms with Crippen LogP contribution in [0.3, 0.4) is 0 Å². The first-order valence-electron chi connectivity index (χ1n) is 10.4. The zero-order chi connectivity index (χ0) is 24.8. The first kappa shape index (κ1) is 26.4. The molecule has 0 fully saturated rings. The number of aromatic nitrogens is 1. The van der Waals surface area contributed by atoms with Crippen molar-refractivity contribution in [2.45, 2.75) is 51.6 Å². The van der Waals surface area contributed by atoms with Crippen molar-refractivity contribution in [1.82, 2.24) is 4.98 Å². The number of unbranched alkanes of at least 4 members (excludes halogenated alkanes) is 1. The number of carbonyl (C=O) groups excluding carboxylic acids is 1. The normalized spacial score (nSPS) is 12.6. The summed E-state index contributed by atoms with van der Waals surface area (Å²) in [5, 5.41) is 0. The van der Waals surface area contributed by atoms with Gasteiger partial charge < -0.3 is 10.5 Å². The predicted octanol–water partition coefficient (Wildman–Crippen LogP) is 3.75. The number of aryl methyl sites for hydroxylation is 2. The van der Waals surface area contributed by atoms with Crippen molar-refractivity contribution in [2.24, 2.45) is 5.73 Å². The Morgan fingerprint density at radius 3 is 2.48 bits per heavy atom. The summed E-state index contributed by atoms with van der Waals surface area (Å²) in [6, 6.07) is 7.09. The Balaban J connectivity index is 2.29. The lowest BCUT2D eigenvalue weighted by Gasteiger charge is -2.19. The Hall–Kier alpha value is -2.82. The summed E-state index contributed by atoms with van der Waals surface area (Å²) in [5.74, 6) is -1.43. The second kappa shape index (κ2) is 11.4. The molecule has 1 aromatic carbocycles. The monoisotopic (exact) mass is 487 g/mol. The lowest BCUT2D eigenvalue weighted by atomic mass is 9.90. The minimum atomic E-state index is -4.60. The second-order valence-electron chi connectivity index (χ2n) is 7.66. The molecule has 7 nitrogen and oxygen atoms in total. The van der Waals surface area contributed by atoms with Crippen LogP contribution in [0.1, 0.15) is 54.5 Å². The number of nitrogens with zero attached hydrogens (tertiary/aromatic N) is 2. The van der Waals surface area contributed by atoms with E-state index in [0.29, 0.717) is 28.8 Å².